The van der Waals surface area contributed by atoms with Crippen molar-refractivity contribution < 1.29 is 14.6 Å². The minimum atomic E-state index is -0.845. The van der Waals surface area contributed by atoms with Crippen molar-refractivity contribution in [3.05, 3.63) is 11.3 Å². The lowest BCUT2D eigenvalue weighted by molar-refractivity contribution is 0.0212. The molecule has 1 rings (SSSR count). The third-order valence-electron chi connectivity index (χ3n) is 3.60. The van der Waals surface area contributed by atoms with Crippen molar-refractivity contribution in [1.82, 2.24) is 15.1 Å². The highest BCUT2D eigenvalue weighted by Gasteiger charge is 2.27. The summed E-state index contributed by atoms with van der Waals surface area (Å²) < 4.78 is 6.76. The summed E-state index contributed by atoms with van der Waals surface area (Å²) in [5, 5.41) is 17.5. The summed E-state index contributed by atoms with van der Waals surface area (Å²) in [5.41, 5.74) is 0.194. The molecule has 0 spiro atoms. The molecule has 0 aliphatic rings. The molecule has 1 amide bonds. The van der Waals surface area contributed by atoms with Gasteiger partial charge < -0.3 is 15.2 Å². The van der Waals surface area contributed by atoms with Crippen LogP contribution in [0.1, 0.15) is 55.6 Å². The highest BCUT2D eigenvalue weighted by molar-refractivity contribution is 5.97. The summed E-state index contributed by atoms with van der Waals surface area (Å²) in [7, 11) is 3.24. The monoisotopic (exact) mass is 297 g/mol. The van der Waals surface area contributed by atoms with E-state index in [0.29, 0.717) is 30.0 Å². The molecule has 2 N–H and O–H groups in total. The zero-order chi connectivity index (χ0) is 16.0. The fraction of sp³-hybridized carbons (Fsp3) is 0.733. The van der Waals surface area contributed by atoms with Crippen LogP contribution in [0.15, 0.2) is 0 Å². The highest BCUT2D eigenvalue weighted by atomic mass is 16.5. The lowest BCUT2D eigenvalue weighted by Crippen LogP contribution is -2.43. The van der Waals surface area contributed by atoms with Crippen molar-refractivity contribution in [3.63, 3.8) is 0 Å². The second-order valence-corrected chi connectivity index (χ2v) is 5.50. The maximum Gasteiger partial charge on any atom is 0.258 e. The van der Waals surface area contributed by atoms with Crippen molar-refractivity contribution in [2.75, 3.05) is 13.7 Å². The molecule has 0 unspecified atom stereocenters. The SMILES string of the molecule is CCCC(O)(CCC)CNC(=O)c1c(C)nn(C)c1OC. The summed E-state index contributed by atoms with van der Waals surface area (Å²) in [4.78, 5) is 12.4. The number of rotatable bonds is 8. The lowest BCUT2D eigenvalue weighted by atomic mass is 9.92. The van der Waals surface area contributed by atoms with Crippen molar-refractivity contribution in [1.29, 1.82) is 0 Å². The van der Waals surface area contributed by atoms with E-state index in [2.05, 4.69) is 10.4 Å². The number of amides is 1. The van der Waals surface area contributed by atoms with Gasteiger partial charge in [-0.1, -0.05) is 26.7 Å². The molecule has 0 saturated heterocycles. The van der Waals surface area contributed by atoms with Crippen LogP contribution in [0.4, 0.5) is 0 Å². The van der Waals surface area contributed by atoms with Gasteiger partial charge in [-0.2, -0.15) is 5.10 Å². The molecule has 6 nitrogen and oxygen atoms in total. The summed E-state index contributed by atoms with van der Waals surface area (Å²) >= 11 is 0. The molecule has 0 aromatic carbocycles. The first kappa shape index (κ1) is 17.5. The molecule has 0 fully saturated rings. The van der Waals surface area contributed by atoms with E-state index in [4.69, 9.17) is 4.74 Å². The van der Waals surface area contributed by atoms with Gasteiger partial charge in [0.25, 0.3) is 5.91 Å². The standard InChI is InChI=1S/C15H27N3O3/c1-6-8-15(20,9-7-2)10-16-13(19)12-11(3)17-18(4)14(12)21-5/h20H,6-10H2,1-5H3,(H,16,19). The molecule has 1 aromatic rings. The summed E-state index contributed by atoms with van der Waals surface area (Å²) in [6.45, 7) is 6.06. The average Bonchev–Trinajstić information content (AvgIpc) is 2.70. The molecule has 0 radical (unpaired) electrons. The Morgan fingerprint density at radius 3 is 2.43 bits per heavy atom. The number of aryl methyl sites for hydroxylation is 2. The summed E-state index contributed by atoms with van der Waals surface area (Å²) in [5.74, 6) is 0.169. The summed E-state index contributed by atoms with van der Waals surface area (Å²) in [6.07, 6.45) is 3.10. The predicted octanol–water partition coefficient (Wildman–Crippen LogP) is 1.80. The molecule has 0 bridgehead atoms. The van der Waals surface area contributed by atoms with Gasteiger partial charge in [-0.25, -0.2) is 4.68 Å². The largest absolute Gasteiger partial charge is 0.481 e. The van der Waals surface area contributed by atoms with E-state index in [0.717, 1.165) is 12.8 Å². The van der Waals surface area contributed by atoms with Crippen LogP contribution >= 0.6 is 0 Å². The third-order valence-corrected chi connectivity index (χ3v) is 3.60. The van der Waals surface area contributed by atoms with Gasteiger partial charge in [0.1, 0.15) is 5.56 Å². The maximum atomic E-state index is 12.4. The van der Waals surface area contributed by atoms with Gasteiger partial charge in [-0.15, -0.1) is 0 Å². The smallest absolute Gasteiger partial charge is 0.258 e. The van der Waals surface area contributed by atoms with E-state index in [1.54, 1.807) is 14.0 Å². The molecule has 0 aliphatic heterocycles. The number of nitrogens with zero attached hydrogens (tertiary/aromatic N) is 2. The van der Waals surface area contributed by atoms with Gasteiger partial charge in [0, 0.05) is 13.6 Å². The number of ether oxygens (including phenoxy) is 1. The second kappa shape index (κ2) is 7.45. The van der Waals surface area contributed by atoms with E-state index >= 15 is 0 Å². The fourth-order valence-corrected chi connectivity index (χ4v) is 2.70. The van der Waals surface area contributed by atoms with E-state index in [1.807, 2.05) is 13.8 Å². The number of hydrogen-bond donors (Lipinski definition) is 2. The number of carbonyl (C=O) groups is 1. The zero-order valence-electron chi connectivity index (χ0n) is 13.7. The lowest BCUT2D eigenvalue weighted by Gasteiger charge is -2.27. The Labute approximate surface area is 126 Å². The number of aliphatic hydroxyl groups is 1. The minimum Gasteiger partial charge on any atom is -0.481 e. The Kier molecular flexibility index (Phi) is 6.20. The Balaban J connectivity index is 2.82. The molecule has 0 saturated carbocycles. The van der Waals surface area contributed by atoms with E-state index in [9.17, 15) is 9.90 Å². The number of methoxy groups -OCH3 is 1. The number of carbonyl (C=O) groups excluding carboxylic acids is 1. The van der Waals surface area contributed by atoms with Crippen LogP contribution in [0, 0.1) is 6.92 Å². The van der Waals surface area contributed by atoms with E-state index < -0.39 is 5.60 Å². The average molecular weight is 297 g/mol. The first-order valence-corrected chi connectivity index (χ1v) is 7.46. The predicted molar refractivity (Wildman–Crippen MR) is 81.6 cm³/mol. The first-order valence-electron chi connectivity index (χ1n) is 7.46. The number of aromatic nitrogens is 2. The molecular weight excluding hydrogens is 270 g/mol. The normalized spacial score (nSPS) is 11.5. The second-order valence-electron chi connectivity index (χ2n) is 5.50. The van der Waals surface area contributed by atoms with Gasteiger partial charge in [-0.3, -0.25) is 4.79 Å². The van der Waals surface area contributed by atoms with E-state index in [1.165, 1.54) is 11.8 Å². The van der Waals surface area contributed by atoms with Gasteiger partial charge in [-0.05, 0) is 19.8 Å². The molecule has 1 aromatic heterocycles. The minimum absolute atomic E-state index is 0.241. The van der Waals surface area contributed by atoms with Crippen LogP contribution < -0.4 is 10.1 Å². The molecule has 0 atom stereocenters. The van der Waals surface area contributed by atoms with Crippen molar-refractivity contribution in [3.8, 4) is 5.88 Å². The van der Waals surface area contributed by atoms with Gasteiger partial charge in [0.05, 0.1) is 18.4 Å². The Bertz CT molecular complexity index is 477. The van der Waals surface area contributed by atoms with Crippen LogP contribution in [0.5, 0.6) is 5.88 Å². The fourth-order valence-electron chi connectivity index (χ4n) is 2.70. The Morgan fingerprint density at radius 1 is 1.38 bits per heavy atom. The molecule has 21 heavy (non-hydrogen) atoms. The van der Waals surface area contributed by atoms with Gasteiger partial charge in [0.2, 0.25) is 5.88 Å². The van der Waals surface area contributed by atoms with Crippen LogP contribution in [-0.4, -0.2) is 40.0 Å². The molecule has 120 valence electrons. The maximum absolute atomic E-state index is 12.4. The first-order chi connectivity index (χ1) is 9.88. The molecular formula is C15H27N3O3. The molecule has 6 heteroatoms. The van der Waals surface area contributed by atoms with Crippen molar-refractivity contribution in [2.45, 2.75) is 52.1 Å². The molecule has 0 aliphatic carbocycles. The van der Waals surface area contributed by atoms with Crippen molar-refractivity contribution in [2.24, 2.45) is 7.05 Å². The quantitative estimate of drug-likeness (QED) is 0.767. The topological polar surface area (TPSA) is 76.4 Å². The Hall–Kier alpha value is -1.56. The van der Waals surface area contributed by atoms with Crippen LogP contribution in [-0.2, 0) is 7.05 Å². The number of nitrogens with one attached hydrogen (secondary N) is 1. The number of hydrogen-bond acceptors (Lipinski definition) is 4. The van der Waals surface area contributed by atoms with Crippen LogP contribution in [0.3, 0.4) is 0 Å². The van der Waals surface area contributed by atoms with Crippen molar-refractivity contribution >= 4 is 5.91 Å². The van der Waals surface area contributed by atoms with E-state index in [-0.39, 0.29) is 12.5 Å². The highest BCUT2D eigenvalue weighted by Crippen LogP contribution is 2.22. The zero-order valence-corrected chi connectivity index (χ0v) is 13.7. The van der Waals surface area contributed by atoms with Gasteiger partial charge in [0.15, 0.2) is 0 Å². The van der Waals surface area contributed by atoms with Crippen LogP contribution in [0.2, 0.25) is 0 Å². The van der Waals surface area contributed by atoms with Crippen LogP contribution in [0.25, 0.3) is 0 Å². The third kappa shape index (κ3) is 4.20. The summed E-state index contributed by atoms with van der Waals surface area (Å²) in [6, 6.07) is 0. The van der Waals surface area contributed by atoms with Gasteiger partial charge >= 0.3 is 0 Å². The molecule has 1 heterocycles. The Morgan fingerprint density at radius 2 is 1.95 bits per heavy atom.